The Kier molecular flexibility index (Phi) is 4.09. The summed E-state index contributed by atoms with van der Waals surface area (Å²) in [5.74, 6) is 7.19. The van der Waals surface area contributed by atoms with Crippen LogP contribution in [0.3, 0.4) is 0 Å². The molecule has 0 spiro atoms. The van der Waals surface area contributed by atoms with Crippen molar-refractivity contribution in [2.75, 3.05) is 11.2 Å². The summed E-state index contributed by atoms with van der Waals surface area (Å²) >= 11 is 1.32. The summed E-state index contributed by atoms with van der Waals surface area (Å²) in [5.41, 5.74) is 0.782. The Morgan fingerprint density at radius 2 is 2.00 bits per heavy atom. The van der Waals surface area contributed by atoms with E-state index in [9.17, 15) is 4.79 Å². The highest BCUT2D eigenvalue weighted by atomic mass is 32.2. The number of carbonyl (C=O) groups is 1. The van der Waals surface area contributed by atoms with E-state index in [1.807, 2.05) is 49.4 Å². The number of nitrogen functional groups attached to an aromatic ring is 1. The van der Waals surface area contributed by atoms with Crippen LogP contribution in [0.5, 0.6) is 0 Å². The molecule has 7 heteroatoms. The second-order valence-corrected chi connectivity index (χ2v) is 7.60. The number of thioether (sulfide) groups is 1. The highest BCUT2D eigenvalue weighted by Crippen LogP contribution is 2.39. The lowest BCUT2D eigenvalue weighted by atomic mass is 10.1. The molecule has 1 aliphatic carbocycles. The van der Waals surface area contributed by atoms with Crippen LogP contribution in [0, 0.1) is 0 Å². The van der Waals surface area contributed by atoms with Crippen molar-refractivity contribution in [1.29, 1.82) is 0 Å². The number of nitrogens with zero attached hydrogens (tertiary/aromatic N) is 3. The molecule has 1 saturated carbocycles. The maximum atomic E-state index is 12.5. The number of carbonyl (C=O) groups excluding carboxylic acids is 1. The molecule has 6 nitrogen and oxygen atoms in total. The van der Waals surface area contributed by atoms with Crippen molar-refractivity contribution in [3.05, 3.63) is 48.3 Å². The lowest BCUT2D eigenvalue weighted by Crippen LogP contribution is -2.23. The van der Waals surface area contributed by atoms with Gasteiger partial charge in [-0.15, -0.1) is 10.2 Å². The van der Waals surface area contributed by atoms with E-state index in [2.05, 4.69) is 15.5 Å². The molecule has 1 aromatic heterocycles. The first-order valence-corrected chi connectivity index (χ1v) is 9.16. The predicted molar refractivity (Wildman–Crippen MR) is 100 cm³/mol. The third-order valence-corrected chi connectivity index (χ3v) is 5.36. The molecule has 0 bridgehead atoms. The van der Waals surface area contributed by atoms with Gasteiger partial charge in [-0.05, 0) is 42.7 Å². The molecule has 0 unspecified atom stereocenters. The molecular formula is C18H19N5OS. The lowest BCUT2D eigenvalue weighted by Gasteiger charge is -2.12. The van der Waals surface area contributed by atoms with Gasteiger partial charge in [-0.25, -0.2) is 4.68 Å². The van der Waals surface area contributed by atoms with Crippen molar-refractivity contribution in [1.82, 2.24) is 14.9 Å². The predicted octanol–water partition coefficient (Wildman–Crippen LogP) is 3.14. The molecular weight excluding hydrogens is 334 g/mol. The SMILES string of the molecule is C[C@H](Sc1nnc(C2CC2)n1N)C(=O)Nc1ccc2ccccc2c1. The quantitative estimate of drug-likeness (QED) is 0.544. The lowest BCUT2D eigenvalue weighted by molar-refractivity contribution is -0.115. The average molecular weight is 353 g/mol. The molecule has 0 saturated heterocycles. The van der Waals surface area contributed by atoms with E-state index in [0.29, 0.717) is 11.1 Å². The fraction of sp³-hybridized carbons (Fsp3) is 0.278. The van der Waals surface area contributed by atoms with Gasteiger partial charge in [0.1, 0.15) is 0 Å². The topological polar surface area (TPSA) is 85.8 Å². The number of nitrogens with two attached hydrogens (primary N) is 1. The Hall–Kier alpha value is -2.54. The number of anilines is 1. The number of amides is 1. The molecule has 0 aliphatic heterocycles. The minimum absolute atomic E-state index is 0.0868. The number of hydrogen-bond acceptors (Lipinski definition) is 5. The Labute approximate surface area is 149 Å². The standard InChI is InChI=1S/C18H19N5OS/c1-11(25-18-22-21-16(23(18)19)13-6-7-13)17(24)20-15-9-8-12-4-2-3-5-14(12)10-15/h2-5,8-11,13H,6-7,19H2,1H3,(H,20,24)/t11-/m0/s1. The van der Waals surface area contributed by atoms with Crippen LogP contribution in [0.15, 0.2) is 47.6 Å². The van der Waals surface area contributed by atoms with Crippen molar-refractivity contribution in [2.24, 2.45) is 0 Å². The third-order valence-electron chi connectivity index (χ3n) is 4.30. The van der Waals surface area contributed by atoms with Crippen LogP contribution >= 0.6 is 11.8 Å². The van der Waals surface area contributed by atoms with Gasteiger partial charge in [0.25, 0.3) is 0 Å². The second-order valence-electron chi connectivity index (χ2n) is 6.30. The molecule has 3 N–H and O–H groups in total. The van der Waals surface area contributed by atoms with E-state index in [1.54, 1.807) is 0 Å². The minimum Gasteiger partial charge on any atom is -0.336 e. The number of nitrogens with one attached hydrogen (secondary N) is 1. The maximum absolute atomic E-state index is 12.5. The first kappa shape index (κ1) is 16.0. The van der Waals surface area contributed by atoms with Crippen LogP contribution in [0.25, 0.3) is 10.8 Å². The Morgan fingerprint density at radius 3 is 2.76 bits per heavy atom. The van der Waals surface area contributed by atoms with Crippen molar-refractivity contribution in [3.8, 4) is 0 Å². The van der Waals surface area contributed by atoms with E-state index in [1.165, 1.54) is 16.4 Å². The van der Waals surface area contributed by atoms with E-state index in [4.69, 9.17) is 5.84 Å². The number of rotatable bonds is 5. The normalized spacial score (nSPS) is 15.2. The summed E-state index contributed by atoms with van der Waals surface area (Å²) in [7, 11) is 0. The van der Waals surface area contributed by atoms with Crippen molar-refractivity contribution in [2.45, 2.75) is 36.1 Å². The molecule has 4 rings (SSSR count). The van der Waals surface area contributed by atoms with E-state index < -0.39 is 0 Å². The van der Waals surface area contributed by atoms with Crippen LogP contribution in [-0.2, 0) is 4.79 Å². The zero-order chi connectivity index (χ0) is 17.4. The van der Waals surface area contributed by atoms with Gasteiger partial charge in [0.05, 0.1) is 5.25 Å². The van der Waals surface area contributed by atoms with Crippen LogP contribution in [0.2, 0.25) is 0 Å². The molecule has 1 fully saturated rings. The molecule has 2 aromatic carbocycles. The van der Waals surface area contributed by atoms with Gasteiger partial charge < -0.3 is 11.2 Å². The van der Waals surface area contributed by atoms with Gasteiger partial charge in [0.2, 0.25) is 11.1 Å². The summed E-state index contributed by atoms with van der Waals surface area (Å²) in [4.78, 5) is 12.5. The van der Waals surface area contributed by atoms with Crippen molar-refractivity contribution in [3.63, 3.8) is 0 Å². The van der Waals surface area contributed by atoms with Gasteiger partial charge in [0.15, 0.2) is 5.82 Å². The van der Waals surface area contributed by atoms with Gasteiger partial charge in [-0.2, -0.15) is 0 Å². The van der Waals surface area contributed by atoms with Gasteiger partial charge in [-0.3, -0.25) is 4.79 Å². The van der Waals surface area contributed by atoms with E-state index in [-0.39, 0.29) is 11.2 Å². The Morgan fingerprint density at radius 1 is 1.24 bits per heavy atom. The first-order chi connectivity index (χ1) is 12.1. The molecule has 1 heterocycles. The summed E-state index contributed by atoms with van der Waals surface area (Å²) in [6.07, 6.45) is 2.22. The first-order valence-electron chi connectivity index (χ1n) is 8.28. The van der Waals surface area contributed by atoms with Gasteiger partial charge >= 0.3 is 0 Å². The molecule has 0 radical (unpaired) electrons. The van der Waals surface area contributed by atoms with Crippen LogP contribution in [0.4, 0.5) is 5.69 Å². The molecule has 128 valence electrons. The molecule has 1 amide bonds. The Bertz CT molecular complexity index is 934. The summed E-state index contributed by atoms with van der Waals surface area (Å²) < 4.78 is 1.52. The highest BCUT2D eigenvalue weighted by Gasteiger charge is 2.30. The third kappa shape index (κ3) is 3.32. The highest BCUT2D eigenvalue weighted by molar-refractivity contribution is 8.00. The number of fused-ring (bicyclic) bond motifs is 1. The van der Waals surface area contributed by atoms with Crippen molar-refractivity contribution < 1.29 is 4.79 Å². The molecule has 25 heavy (non-hydrogen) atoms. The summed E-state index contributed by atoms with van der Waals surface area (Å²) in [6, 6.07) is 13.9. The van der Waals surface area contributed by atoms with Crippen LogP contribution in [-0.4, -0.2) is 26.0 Å². The number of aromatic nitrogens is 3. The van der Waals surface area contributed by atoms with Gasteiger partial charge in [-0.1, -0.05) is 42.1 Å². The summed E-state index contributed by atoms with van der Waals surface area (Å²) in [5, 5.41) is 13.7. The van der Waals surface area contributed by atoms with E-state index in [0.717, 1.165) is 35.1 Å². The molecule has 1 atom stereocenters. The number of hydrogen-bond donors (Lipinski definition) is 2. The van der Waals surface area contributed by atoms with Crippen molar-refractivity contribution >= 4 is 34.1 Å². The fourth-order valence-corrected chi connectivity index (χ4v) is 3.49. The maximum Gasteiger partial charge on any atom is 0.237 e. The van der Waals surface area contributed by atoms with E-state index >= 15 is 0 Å². The Balaban J connectivity index is 1.44. The fourth-order valence-electron chi connectivity index (χ4n) is 2.71. The molecule has 3 aromatic rings. The largest absolute Gasteiger partial charge is 0.336 e. The zero-order valence-corrected chi connectivity index (χ0v) is 14.7. The smallest absolute Gasteiger partial charge is 0.237 e. The average Bonchev–Trinajstić information content (AvgIpc) is 3.40. The van der Waals surface area contributed by atoms with Crippen LogP contribution in [0.1, 0.15) is 31.5 Å². The summed E-state index contributed by atoms with van der Waals surface area (Å²) in [6.45, 7) is 1.84. The van der Waals surface area contributed by atoms with Gasteiger partial charge in [0, 0.05) is 11.6 Å². The van der Waals surface area contributed by atoms with Crippen LogP contribution < -0.4 is 11.2 Å². The second kappa shape index (κ2) is 6.40. The number of benzene rings is 2. The zero-order valence-electron chi connectivity index (χ0n) is 13.8. The minimum atomic E-state index is -0.329. The monoisotopic (exact) mass is 353 g/mol. The molecule has 1 aliphatic rings.